The Kier molecular flexibility index (Phi) is 5.67. The summed E-state index contributed by atoms with van der Waals surface area (Å²) in [6.45, 7) is 3.27. The van der Waals surface area contributed by atoms with Gasteiger partial charge < -0.3 is 9.47 Å². The summed E-state index contributed by atoms with van der Waals surface area (Å²) < 4.78 is 10.8. The molecule has 28 heavy (non-hydrogen) atoms. The van der Waals surface area contributed by atoms with E-state index in [-0.39, 0.29) is 11.7 Å². The van der Waals surface area contributed by atoms with E-state index in [1.165, 1.54) is 18.4 Å². The van der Waals surface area contributed by atoms with Crippen molar-refractivity contribution < 1.29 is 14.3 Å². The zero-order valence-electron chi connectivity index (χ0n) is 16.8. The van der Waals surface area contributed by atoms with E-state index in [1.807, 2.05) is 12.1 Å². The number of benzene rings is 2. The van der Waals surface area contributed by atoms with Crippen LogP contribution in [0.3, 0.4) is 0 Å². The molecule has 2 aromatic carbocycles. The van der Waals surface area contributed by atoms with Crippen molar-refractivity contribution in [2.24, 2.45) is 11.8 Å². The summed E-state index contributed by atoms with van der Waals surface area (Å²) in [4.78, 5) is 15.5. The van der Waals surface area contributed by atoms with E-state index in [2.05, 4.69) is 35.2 Å². The average Bonchev–Trinajstić information content (AvgIpc) is 3.03. The second-order valence-electron chi connectivity index (χ2n) is 8.07. The number of ketones is 1. The van der Waals surface area contributed by atoms with Gasteiger partial charge in [-0.25, -0.2) is 0 Å². The van der Waals surface area contributed by atoms with Crippen molar-refractivity contribution in [2.75, 3.05) is 27.3 Å². The van der Waals surface area contributed by atoms with Gasteiger partial charge in [-0.05, 0) is 68.0 Å². The molecule has 4 nitrogen and oxygen atoms in total. The molecule has 4 heteroatoms. The molecule has 1 saturated heterocycles. The molecule has 0 radical (unpaired) electrons. The first-order chi connectivity index (χ1) is 13.7. The van der Waals surface area contributed by atoms with Gasteiger partial charge in [0, 0.05) is 18.0 Å². The standard InChI is InChI=1S/C24H29NO3/c1-27-22-14-19-13-20(24(26)21(19)15-23(22)28-2)12-17-8-10-25(11-9-17)16-18-6-4-3-5-7-18/h3-7,14-15,17,20H,8-13,16H2,1-2H3/i1-1. The lowest BCUT2D eigenvalue weighted by molar-refractivity contribution is 0.0895. The van der Waals surface area contributed by atoms with Crippen LogP contribution >= 0.6 is 0 Å². The summed E-state index contributed by atoms with van der Waals surface area (Å²) >= 11 is 0. The van der Waals surface area contributed by atoms with Gasteiger partial charge in [0.05, 0.1) is 14.2 Å². The predicted octanol–water partition coefficient (Wildman–Crippen LogP) is 4.36. The van der Waals surface area contributed by atoms with Crippen molar-refractivity contribution in [1.82, 2.24) is 4.90 Å². The molecule has 0 spiro atoms. The number of hydrogen-bond donors (Lipinski definition) is 0. The molecule has 0 saturated carbocycles. The van der Waals surface area contributed by atoms with Crippen molar-refractivity contribution in [3.63, 3.8) is 0 Å². The van der Waals surface area contributed by atoms with Crippen molar-refractivity contribution in [3.8, 4) is 11.5 Å². The Morgan fingerprint density at radius 3 is 2.36 bits per heavy atom. The topological polar surface area (TPSA) is 38.8 Å². The highest BCUT2D eigenvalue weighted by molar-refractivity contribution is 6.02. The third-order valence-electron chi connectivity index (χ3n) is 6.29. The molecule has 1 atom stereocenters. The third kappa shape index (κ3) is 3.93. The summed E-state index contributed by atoms with van der Waals surface area (Å²) in [6, 6.07) is 14.5. The monoisotopic (exact) mass is 378 g/mol. The summed E-state index contributed by atoms with van der Waals surface area (Å²) in [7, 11) is 3.26. The summed E-state index contributed by atoms with van der Waals surface area (Å²) in [5.74, 6) is 2.38. The van der Waals surface area contributed by atoms with Crippen LogP contribution < -0.4 is 9.47 Å². The molecular weight excluding hydrogens is 349 g/mol. The second-order valence-corrected chi connectivity index (χ2v) is 8.07. The number of nitrogens with zero attached hydrogens (tertiary/aromatic N) is 1. The van der Waals surface area contributed by atoms with Crippen LogP contribution in [0.15, 0.2) is 42.5 Å². The Morgan fingerprint density at radius 2 is 1.68 bits per heavy atom. The van der Waals surface area contributed by atoms with Crippen LogP contribution in [0.4, 0.5) is 0 Å². The molecule has 0 N–H and O–H groups in total. The number of piperidine rings is 1. The lowest BCUT2D eigenvalue weighted by Gasteiger charge is -2.32. The Morgan fingerprint density at radius 1 is 1.00 bits per heavy atom. The first-order valence-corrected chi connectivity index (χ1v) is 10.2. The molecule has 0 amide bonds. The Balaban J connectivity index is 1.34. The van der Waals surface area contributed by atoms with Crippen LogP contribution in [-0.4, -0.2) is 38.0 Å². The Labute approximate surface area is 167 Å². The smallest absolute Gasteiger partial charge is 0.166 e. The average molecular weight is 379 g/mol. The first-order valence-electron chi connectivity index (χ1n) is 10.2. The minimum Gasteiger partial charge on any atom is -0.493 e. The highest BCUT2D eigenvalue weighted by Gasteiger charge is 2.34. The summed E-state index contributed by atoms with van der Waals surface area (Å²) in [5.41, 5.74) is 3.31. The number of rotatable bonds is 6. The predicted molar refractivity (Wildman–Crippen MR) is 110 cm³/mol. The van der Waals surface area contributed by atoms with E-state index in [4.69, 9.17) is 9.47 Å². The summed E-state index contributed by atoms with van der Waals surface area (Å²) in [5, 5.41) is 0. The Bertz CT molecular complexity index is 825. The van der Waals surface area contributed by atoms with Gasteiger partial charge in [-0.2, -0.15) is 0 Å². The molecule has 148 valence electrons. The number of Topliss-reactive ketones (excluding diaryl/α,β-unsaturated/α-hetero) is 1. The molecule has 1 fully saturated rings. The van der Waals surface area contributed by atoms with E-state index in [9.17, 15) is 4.79 Å². The summed E-state index contributed by atoms with van der Waals surface area (Å²) in [6.07, 6.45) is 4.19. The molecule has 2 aliphatic rings. The maximum absolute atomic E-state index is 12.9. The maximum Gasteiger partial charge on any atom is 0.166 e. The van der Waals surface area contributed by atoms with E-state index in [0.717, 1.165) is 43.6 Å². The number of likely N-dealkylation sites (tertiary alicyclic amines) is 1. The van der Waals surface area contributed by atoms with Crippen molar-refractivity contribution in [2.45, 2.75) is 32.2 Å². The number of methoxy groups -OCH3 is 2. The van der Waals surface area contributed by atoms with Crippen LogP contribution in [0.2, 0.25) is 0 Å². The lowest BCUT2D eigenvalue weighted by Crippen LogP contribution is -2.34. The van der Waals surface area contributed by atoms with E-state index < -0.39 is 0 Å². The zero-order valence-corrected chi connectivity index (χ0v) is 16.8. The van der Waals surface area contributed by atoms with Crippen molar-refractivity contribution in [3.05, 3.63) is 59.2 Å². The van der Waals surface area contributed by atoms with Gasteiger partial charge in [0.25, 0.3) is 0 Å². The molecule has 0 aromatic heterocycles. The minimum absolute atomic E-state index is 0.109. The molecule has 1 heterocycles. The fourth-order valence-corrected chi connectivity index (χ4v) is 4.71. The molecule has 4 rings (SSSR count). The zero-order chi connectivity index (χ0) is 19.5. The maximum atomic E-state index is 12.9. The lowest BCUT2D eigenvalue weighted by atomic mass is 9.85. The molecule has 1 unspecified atom stereocenters. The quantitative estimate of drug-likeness (QED) is 0.749. The van der Waals surface area contributed by atoms with E-state index in [1.54, 1.807) is 14.2 Å². The Hall–Kier alpha value is -2.33. The van der Waals surface area contributed by atoms with Gasteiger partial charge >= 0.3 is 0 Å². The molecule has 1 aliphatic carbocycles. The normalized spacial score (nSPS) is 20.2. The SMILES string of the molecule is COc1cc2c(cc1O[11CH3])CC(CC1CCN(Cc3ccccc3)CC1)C2=O. The second kappa shape index (κ2) is 8.36. The van der Waals surface area contributed by atoms with Gasteiger partial charge in [-0.3, -0.25) is 9.69 Å². The van der Waals surface area contributed by atoms with E-state index in [0.29, 0.717) is 17.4 Å². The van der Waals surface area contributed by atoms with Crippen LogP contribution in [0.1, 0.15) is 40.7 Å². The highest BCUT2D eigenvalue weighted by atomic mass is 16.5. The van der Waals surface area contributed by atoms with E-state index >= 15 is 0 Å². The van der Waals surface area contributed by atoms with Gasteiger partial charge in [-0.15, -0.1) is 0 Å². The number of ether oxygens (including phenoxy) is 2. The van der Waals surface area contributed by atoms with Crippen molar-refractivity contribution in [1.29, 1.82) is 0 Å². The molecule has 0 bridgehead atoms. The van der Waals surface area contributed by atoms with Crippen LogP contribution in [0.5, 0.6) is 11.5 Å². The fraction of sp³-hybridized carbons (Fsp3) is 0.458. The number of carbonyl (C=O) groups is 1. The molecule has 1 aliphatic heterocycles. The highest BCUT2D eigenvalue weighted by Crippen LogP contribution is 2.39. The molecular formula is C24H29NO3. The van der Waals surface area contributed by atoms with Gasteiger partial charge in [0.15, 0.2) is 17.3 Å². The number of hydrogen-bond acceptors (Lipinski definition) is 4. The fourth-order valence-electron chi connectivity index (χ4n) is 4.71. The number of carbonyl (C=O) groups excluding carboxylic acids is 1. The van der Waals surface area contributed by atoms with Crippen LogP contribution in [-0.2, 0) is 13.0 Å². The van der Waals surface area contributed by atoms with Crippen LogP contribution in [0, 0.1) is 11.8 Å². The van der Waals surface area contributed by atoms with Gasteiger partial charge in [0.2, 0.25) is 0 Å². The van der Waals surface area contributed by atoms with Gasteiger partial charge in [0.1, 0.15) is 0 Å². The molecule has 2 aromatic rings. The first kappa shape index (κ1) is 19.0. The third-order valence-corrected chi connectivity index (χ3v) is 6.29. The van der Waals surface area contributed by atoms with Crippen molar-refractivity contribution >= 4 is 5.78 Å². The van der Waals surface area contributed by atoms with Gasteiger partial charge in [-0.1, -0.05) is 30.3 Å². The minimum atomic E-state index is 0.109. The largest absolute Gasteiger partial charge is 0.493 e. The van der Waals surface area contributed by atoms with Crippen LogP contribution in [0.25, 0.3) is 0 Å². The number of fused-ring (bicyclic) bond motifs is 1.